The van der Waals surface area contributed by atoms with Crippen molar-refractivity contribution in [1.82, 2.24) is 15.2 Å². The number of nitrogens with zero attached hydrogens (tertiary/aromatic N) is 3. The van der Waals surface area contributed by atoms with Gasteiger partial charge in [-0.05, 0) is 42.5 Å². The third-order valence-electron chi connectivity index (χ3n) is 4.37. The fraction of sp³-hybridized carbons (Fsp3) is 0.0476. The number of nitrogens with one attached hydrogen (secondary N) is 2. The standard InChI is InChI=1S/C21H13F4N5O3/c22-14-9-16(30(31)32)11-18(10-14)33-17-6-4-12(5-7-17)19-27-20(29-28-19)26-15-3-1-2-13(8-15)21(23,24)25/h1-11H,(H2,26,27,28,29). The molecule has 1 aromatic heterocycles. The molecule has 0 spiro atoms. The third-order valence-corrected chi connectivity index (χ3v) is 4.37. The van der Waals surface area contributed by atoms with Crippen LogP contribution in [0.3, 0.4) is 0 Å². The molecule has 0 unspecified atom stereocenters. The van der Waals surface area contributed by atoms with Gasteiger partial charge in [-0.25, -0.2) is 4.39 Å². The van der Waals surface area contributed by atoms with Crippen LogP contribution in [0.15, 0.2) is 66.7 Å². The van der Waals surface area contributed by atoms with Crippen molar-refractivity contribution in [3.05, 3.63) is 88.2 Å². The van der Waals surface area contributed by atoms with Crippen LogP contribution in [0.2, 0.25) is 0 Å². The molecule has 4 rings (SSSR count). The van der Waals surface area contributed by atoms with Crippen molar-refractivity contribution < 1.29 is 27.2 Å². The first-order valence-corrected chi connectivity index (χ1v) is 9.27. The normalized spacial score (nSPS) is 11.3. The Morgan fingerprint density at radius 3 is 2.42 bits per heavy atom. The lowest BCUT2D eigenvalue weighted by molar-refractivity contribution is -0.385. The quantitative estimate of drug-likeness (QED) is 0.206. The van der Waals surface area contributed by atoms with Gasteiger partial charge >= 0.3 is 6.18 Å². The molecule has 1 heterocycles. The number of nitro benzene ring substituents is 1. The number of nitro groups is 1. The van der Waals surface area contributed by atoms with Crippen molar-refractivity contribution in [3.63, 3.8) is 0 Å². The van der Waals surface area contributed by atoms with Crippen LogP contribution in [0.25, 0.3) is 11.4 Å². The van der Waals surface area contributed by atoms with Gasteiger partial charge in [0.25, 0.3) is 5.69 Å². The highest BCUT2D eigenvalue weighted by Crippen LogP contribution is 2.32. The van der Waals surface area contributed by atoms with Crippen LogP contribution in [0.5, 0.6) is 11.5 Å². The second kappa shape index (κ2) is 8.57. The molecule has 0 aliphatic rings. The maximum absolute atomic E-state index is 13.5. The van der Waals surface area contributed by atoms with Crippen molar-refractivity contribution in [1.29, 1.82) is 0 Å². The summed E-state index contributed by atoms with van der Waals surface area (Å²) in [5.41, 5.74) is -0.479. The highest BCUT2D eigenvalue weighted by atomic mass is 19.4. The Hall–Kier alpha value is -4.48. The van der Waals surface area contributed by atoms with Crippen molar-refractivity contribution in [2.75, 3.05) is 5.32 Å². The molecule has 4 aromatic rings. The first-order chi connectivity index (χ1) is 15.7. The summed E-state index contributed by atoms with van der Waals surface area (Å²) in [6.07, 6.45) is -4.47. The first kappa shape index (κ1) is 21.7. The number of rotatable bonds is 6. The van der Waals surface area contributed by atoms with Crippen molar-refractivity contribution in [2.45, 2.75) is 6.18 Å². The minimum absolute atomic E-state index is 0.0401. The third kappa shape index (κ3) is 5.23. The van der Waals surface area contributed by atoms with Gasteiger partial charge in [-0.2, -0.15) is 13.2 Å². The number of non-ortho nitro benzene ring substituents is 1. The summed E-state index contributed by atoms with van der Waals surface area (Å²) in [7, 11) is 0. The highest BCUT2D eigenvalue weighted by Gasteiger charge is 2.30. The Kier molecular flexibility index (Phi) is 5.65. The van der Waals surface area contributed by atoms with E-state index in [4.69, 9.17) is 4.74 Å². The Balaban J connectivity index is 1.47. The molecular formula is C21H13F4N5O3. The molecule has 0 atom stereocenters. The van der Waals surface area contributed by atoms with Gasteiger partial charge in [-0.15, -0.1) is 10.2 Å². The van der Waals surface area contributed by atoms with Gasteiger partial charge in [0, 0.05) is 17.3 Å². The lowest BCUT2D eigenvalue weighted by Gasteiger charge is -2.08. The minimum atomic E-state index is -4.47. The zero-order valence-electron chi connectivity index (χ0n) is 16.4. The number of anilines is 2. The molecule has 0 aliphatic carbocycles. The number of aromatic nitrogens is 3. The summed E-state index contributed by atoms with van der Waals surface area (Å²) in [5, 5.41) is 21.4. The summed E-state index contributed by atoms with van der Waals surface area (Å²) >= 11 is 0. The minimum Gasteiger partial charge on any atom is -0.457 e. The van der Waals surface area contributed by atoms with E-state index < -0.39 is 28.2 Å². The monoisotopic (exact) mass is 459 g/mol. The second-order valence-electron chi connectivity index (χ2n) is 6.75. The molecule has 0 saturated heterocycles. The van der Waals surface area contributed by atoms with Gasteiger partial charge in [0.05, 0.1) is 22.6 Å². The van der Waals surface area contributed by atoms with Gasteiger partial charge in [0.2, 0.25) is 5.95 Å². The smallest absolute Gasteiger partial charge is 0.416 e. The molecule has 0 aliphatic heterocycles. The molecule has 0 bridgehead atoms. The Morgan fingerprint density at radius 1 is 0.970 bits per heavy atom. The lowest BCUT2D eigenvalue weighted by atomic mass is 10.2. The average Bonchev–Trinajstić information content (AvgIpc) is 3.22. The lowest BCUT2D eigenvalue weighted by Crippen LogP contribution is -2.05. The Labute approximate surface area is 183 Å². The highest BCUT2D eigenvalue weighted by molar-refractivity contribution is 5.60. The first-order valence-electron chi connectivity index (χ1n) is 9.27. The predicted molar refractivity (Wildman–Crippen MR) is 110 cm³/mol. The fourth-order valence-corrected chi connectivity index (χ4v) is 2.89. The maximum atomic E-state index is 13.5. The number of aromatic amines is 1. The van der Waals surface area contributed by atoms with Crippen LogP contribution in [-0.4, -0.2) is 20.1 Å². The number of benzene rings is 3. The molecule has 33 heavy (non-hydrogen) atoms. The van der Waals surface area contributed by atoms with Crippen LogP contribution in [0.4, 0.5) is 34.9 Å². The molecule has 8 nitrogen and oxygen atoms in total. The average molecular weight is 459 g/mol. The summed E-state index contributed by atoms with van der Waals surface area (Å²) in [6, 6.07) is 13.8. The SMILES string of the molecule is O=[N+]([O-])c1cc(F)cc(Oc2ccc(-c3nnc(Nc4cccc(C(F)(F)F)c4)[nH]3)cc2)c1. The van der Waals surface area contributed by atoms with Crippen LogP contribution in [0, 0.1) is 15.9 Å². The number of hydrogen-bond donors (Lipinski definition) is 2. The van der Waals surface area contributed by atoms with E-state index in [1.807, 2.05) is 0 Å². The Bertz CT molecular complexity index is 1310. The van der Waals surface area contributed by atoms with Crippen molar-refractivity contribution in [2.24, 2.45) is 0 Å². The van der Waals surface area contributed by atoms with E-state index in [-0.39, 0.29) is 17.4 Å². The van der Waals surface area contributed by atoms with Crippen LogP contribution >= 0.6 is 0 Å². The largest absolute Gasteiger partial charge is 0.457 e. The van der Waals surface area contributed by atoms with E-state index in [2.05, 4.69) is 20.5 Å². The van der Waals surface area contributed by atoms with Gasteiger partial charge < -0.3 is 15.0 Å². The molecule has 2 N–H and O–H groups in total. The number of halogens is 4. The van der Waals surface area contributed by atoms with Crippen LogP contribution < -0.4 is 10.1 Å². The maximum Gasteiger partial charge on any atom is 0.416 e. The predicted octanol–water partition coefficient (Wildman–Crippen LogP) is 6.07. The molecule has 0 saturated carbocycles. The fourth-order valence-electron chi connectivity index (χ4n) is 2.89. The topological polar surface area (TPSA) is 106 Å². The second-order valence-corrected chi connectivity index (χ2v) is 6.75. The van der Waals surface area contributed by atoms with E-state index in [0.717, 1.165) is 30.3 Å². The van der Waals surface area contributed by atoms with Gasteiger partial charge in [0.1, 0.15) is 17.3 Å². The van der Waals surface area contributed by atoms with Crippen LogP contribution in [-0.2, 0) is 6.18 Å². The van der Waals surface area contributed by atoms with E-state index in [9.17, 15) is 27.7 Å². The van der Waals surface area contributed by atoms with Crippen LogP contribution in [0.1, 0.15) is 5.56 Å². The molecule has 0 amide bonds. The molecule has 168 valence electrons. The Morgan fingerprint density at radius 2 is 1.73 bits per heavy atom. The molecule has 0 fully saturated rings. The van der Waals surface area contributed by atoms with Gasteiger partial charge in [-0.3, -0.25) is 10.1 Å². The summed E-state index contributed by atoms with van der Waals surface area (Å²) in [5.74, 6) is -0.0883. The summed E-state index contributed by atoms with van der Waals surface area (Å²) in [6.45, 7) is 0. The number of hydrogen-bond acceptors (Lipinski definition) is 6. The number of H-pyrrole nitrogens is 1. The van der Waals surface area contributed by atoms with E-state index >= 15 is 0 Å². The number of ether oxygens (including phenoxy) is 1. The molecule has 0 radical (unpaired) electrons. The van der Waals surface area contributed by atoms with Crippen molar-refractivity contribution in [3.8, 4) is 22.9 Å². The van der Waals surface area contributed by atoms with E-state index in [0.29, 0.717) is 17.1 Å². The van der Waals surface area contributed by atoms with Gasteiger partial charge in [-0.1, -0.05) is 6.07 Å². The molecule has 3 aromatic carbocycles. The molecule has 12 heteroatoms. The summed E-state index contributed by atoms with van der Waals surface area (Å²) < 4.78 is 57.6. The van der Waals surface area contributed by atoms with Crippen molar-refractivity contribution >= 4 is 17.3 Å². The van der Waals surface area contributed by atoms with E-state index in [1.54, 1.807) is 12.1 Å². The van der Waals surface area contributed by atoms with Gasteiger partial charge in [0.15, 0.2) is 5.82 Å². The number of alkyl halides is 3. The zero-order valence-corrected chi connectivity index (χ0v) is 16.4. The summed E-state index contributed by atoms with van der Waals surface area (Å²) in [4.78, 5) is 13.0. The molecular weight excluding hydrogens is 446 g/mol. The van der Waals surface area contributed by atoms with E-state index in [1.165, 1.54) is 24.3 Å². The zero-order chi connectivity index (χ0) is 23.6.